The van der Waals surface area contributed by atoms with Crippen LogP contribution in [0.1, 0.15) is 51.3 Å². The summed E-state index contributed by atoms with van der Waals surface area (Å²) in [5.41, 5.74) is 4.16. The second kappa shape index (κ2) is 6.19. The molecule has 0 saturated carbocycles. The zero-order valence-corrected chi connectivity index (χ0v) is 11.8. The third-order valence-electron chi connectivity index (χ3n) is 3.69. The Morgan fingerprint density at radius 2 is 2.44 bits per heavy atom. The highest BCUT2D eigenvalue weighted by molar-refractivity contribution is 5.21. The molecule has 0 saturated heterocycles. The Balaban J connectivity index is 1.76. The summed E-state index contributed by atoms with van der Waals surface area (Å²) in [5.74, 6) is 0. The molecule has 18 heavy (non-hydrogen) atoms. The van der Waals surface area contributed by atoms with Gasteiger partial charge in [-0.25, -0.2) is 0 Å². The maximum absolute atomic E-state index is 4.13. The monoisotopic (exact) mass is 247 g/mol. The first-order valence-corrected chi connectivity index (χ1v) is 7.05. The first-order chi connectivity index (χ1) is 8.65. The van der Waals surface area contributed by atoms with Crippen LogP contribution in [-0.4, -0.2) is 22.3 Å². The van der Waals surface area contributed by atoms with Crippen LogP contribution in [0.25, 0.3) is 0 Å². The average molecular weight is 247 g/mol. The Bertz CT molecular complexity index is 402. The molecule has 1 aromatic heterocycles. The van der Waals surface area contributed by atoms with Crippen molar-refractivity contribution in [1.82, 2.24) is 15.5 Å². The van der Waals surface area contributed by atoms with Crippen LogP contribution in [0.15, 0.2) is 17.8 Å². The van der Waals surface area contributed by atoms with Gasteiger partial charge in [0.15, 0.2) is 0 Å². The molecule has 0 radical (unpaired) electrons. The van der Waals surface area contributed by atoms with E-state index in [9.17, 15) is 0 Å². The van der Waals surface area contributed by atoms with Crippen molar-refractivity contribution in [2.24, 2.45) is 0 Å². The van der Waals surface area contributed by atoms with Gasteiger partial charge in [0.25, 0.3) is 0 Å². The number of rotatable bonds is 5. The summed E-state index contributed by atoms with van der Waals surface area (Å²) in [6.45, 7) is 6.63. The van der Waals surface area contributed by atoms with Crippen molar-refractivity contribution < 1.29 is 0 Å². The molecule has 2 N–H and O–H groups in total. The second-order valence-corrected chi connectivity index (χ2v) is 5.74. The van der Waals surface area contributed by atoms with Crippen molar-refractivity contribution in [2.75, 3.05) is 0 Å². The lowest BCUT2D eigenvalue weighted by atomic mass is 9.93. The number of nitrogens with zero attached hydrogens (tertiary/aromatic N) is 1. The lowest BCUT2D eigenvalue weighted by Crippen LogP contribution is -2.40. The largest absolute Gasteiger partial charge is 0.311 e. The molecule has 0 aromatic carbocycles. The van der Waals surface area contributed by atoms with E-state index in [1.54, 1.807) is 0 Å². The van der Waals surface area contributed by atoms with Gasteiger partial charge in [0.1, 0.15) is 0 Å². The molecule has 2 rings (SSSR count). The first-order valence-electron chi connectivity index (χ1n) is 7.05. The van der Waals surface area contributed by atoms with Gasteiger partial charge in [0, 0.05) is 17.8 Å². The van der Waals surface area contributed by atoms with E-state index < -0.39 is 0 Å². The van der Waals surface area contributed by atoms with E-state index in [-0.39, 0.29) is 0 Å². The molecule has 1 aliphatic carbocycles. The molecule has 2 atom stereocenters. The highest BCUT2D eigenvalue weighted by atomic mass is 15.1. The fourth-order valence-corrected chi connectivity index (χ4v) is 2.67. The highest BCUT2D eigenvalue weighted by Gasteiger charge is 2.20. The molecule has 0 unspecified atom stereocenters. The van der Waals surface area contributed by atoms with E-state index in [0.717, 1.165) is 12.8 Å². The van der Waals surface area contributed by atoms with Gasteiger partial charge >= 0.3 is 0 Å². The van der Waals surface area contributed by atoms with E-state index in [1.807, 2.05) is 6.20 Å². The van der Waals surface area contributed by atoms with E-state index in [0.29, 0.717) is 12.1 Å². The fraction of sp³-hybridized carbons (Fsp3) is 0.667. The topological polar surface area (TPSA) is 40.7 Å². The van der Waals surface area contributed by atoms with Gasteiger partial charge in [-0.1, -0.05) is 11.6 Å². The number of fused-ring (bicyclic) bond motifs is 1. The quantitative estimate of drug-likeness (QED) is 0.785. The standard InChI is InChI=1S/C15H25N3/c1-11(2)5-4-6-12(3)17-14-7-8-15-13(9-14)10-16-18-15/h5,10,12,14,17H,4,6-9H2,1-3H3,(H,16,18)/t12-,14-/m1/s1. The number of hydrogen-bond acceptors (Lipinski definition) is 2. The highest BCUT2D eigenvalue weighted by Crippen LogP contribution is 2.19. The number of allylic oxidation sites excluding steroid dienone is 2. The van der Waals surface area contributed by atoms with Crippen LogP contribution in [0, 0.1) is 0 Å². The summed E-state index contributed by atoms with van der Waals surface area (Å²) in [7, 11) is 0. The maximum atomic E-state index is 4.13. The molecular weight excluding hydrogens is 222 g/mol. The van der Waals surface area contributed by atoms with Gasteiger partial charge in [-0.05, 0) is 58.4 Å². The Labute approximate surface area is 110 Å². The van der Waals surface area contributed by atoms with Gasteiger partial charge in [0.2, 0.25) is 0 Å². The van der Waals surface area contributed by atoms with Crippen LogP contribution in [0.5, 0.6) is 0 Å². The van der Waals surface area contributed by atoms with E-state index in [4.69, 9.17) is 0 Å². The molecule has 1 aromatic rings. The Hall–Kier alpha value is -1.09. The molecule has 0 fully saturated rings. The first kappa shape index (κ1) is 13.3. The molecule has 1 aliphatic rings. The second-order valence-electron chi connectivity index (χ2n) is 5.74. The minimum absolute atomic E-state index is 0.596. The van der Waals surface area contributed by atoms with Crippen molar-refractivity contribution in [2.45, 2.75) is 65.0 Å². The summed E-state index contributed by atoms with van der Waals surface area (Å²) in [6, 6.07) is 1.22. The number of nitrogens with one attached hydrogen (secondary N) is 2. The van der Waals surface area contributed by atoms with E-state index >= 15 is 0 Å². The minimum Gasteiger partial charge on any atom is -0.311 e. The fourth-order valence-electron chi connectivity index (χ4n) is 2.67. The average Bonchev–Trinajstić information content (AvgIpc) is 2.75. The SMILES string of the molecule is CC(C)=CCC[C@@H](C)N[C@@H]1CCc2[nH]ncc2C1. The molecule has 0 aliphatic heterocycles. The molecule has 3 heteroatoms. The Morgan fingerprint density at radius 3 is 3.22 bits per heavy atom. The molecule has 1 heterocycles. The van der Waals surface area contributed by atoms with Gasteiger partial charge in [0.05, 0.1) is 6.20 Å². The van der Waals surface area contributed by atoms with Crippen molar-refractivity contribution >= 4 is 0 Å². The van der Waals surface area contributed by atoms with Crippen molar-refractivity contribution in [3.63, 3.8) is 0 Å². The van der Waals surface area contributed by atoms with Crippen LogP contribution >= 0.6 is 0 Å². The summed E-state index contributed by atoms with van der Waals surface area (Å²) in [5, 5.41) is 11.0. The summed E-state index contributed by atoms with van der Waals surface area (Å²) in [4.78, 5) is 0. The van der Waals surface area contributed by atoms with E-state index in [1.165, 1.54) is 36.1 Å². The number of aryl methyl sites for hydroxylation is 1. The summed E-state index contributed by atoms with van der Waals surface area (Å²) in [6.07, 6.45) is 10.2. The third kappa shape index (κ3) is 3.70. The molecule has 0 bridgehead atoms. The van der Waals surface area contributed by atoms with Gasteiger partial charge in [-0.15, -0.1) is 0 Å². The summed E-state index contributed by atoms with van der Waals surface area (Å²) < 4.78 is 0. The third-order valence-corrected chi connectivity index (χ3v) is 3.69. The number of H-pyrrole nitrogens is 1. The number of aromatic amines is 1. The van der Waals surface area contributed by atoms with Gasteiger partial charge < -0.3 is 5.32 Å². The normalized spacial score (nSPS) is 20.3. The molecule has 0 amide bonds. The predicted octanol–water partition coefficient (Wildman–Crippen LogP) is 2.99. The maximum Gasteiger partial charge on any atom is 0.0522 e. The zero-order valence-electron chi connectivity index (χ0n) is 11.8. The minimum atomic E-state index is 0.596. The number of hydrogen-bond donors (Lipinski definition) is 2. The van der Waals surface area contributed by atoms with Crippen molar-refractivity contribution in [1.29, 1.82) is 0 Å². The van der Waals surface area contributed by atoms with Crippen molar-refractivity contribution in [3.05, 3.63) is 29.1 Å². The summed E-state index contributed by atoms with van der Waals surface area (Å²) >= 11 is 0. The van der Waals surface area contributed by atoms with Crippen LogP contribution in [-0.2, 0) is 12.8 Å². The van der Waals surface area contributed by atoms with Crippen LogP contribution in [0.2, 0.25) is 0 Å². The van der Waals surface area contributed by atoms with Crippen LogP contribution < -0.4 is 5.32 Å². The van der Waals surface area contributed by atoms with Gasteiger partial charge in [-0.2, -0.15) is 5.10 Å². The predicted molar refractivity (Wildman–Crippen MR) is 75.7 cm³/mol. The molecular formula is C15H25N3. The molecule has 3 nitrogen and oxygen atoms in total. The Morgan fingerprint density at radius 1 is 1.61 bits per heavy atom. The van der Waals surface area contributed by atoms with Crippen LogP contribution in [0.4, 0.5) is 0 Å². The van der Waals surface area contributed by atoms with Gasteiger partial charge in [-0.3, -0.25) is 5.10 Å². The molecule has 0 spiro atoms. The number of aromatic nitrogens is 2. The Kier molecular flexibility index (Phi) is 4.59. The smallest absolute Gasteiger partial charge is 0.0522 e. The lowest BCUT2D eigenvalue weighted by Gasteiger charge is -2.26. The molecule has 100 valence electrons. The van der Waals surface area contributed by atoms with Crippen molar-refractivity contribution in [3.8, 4) is 0 Å². The van der Waals surface area contributed by atoms with Crippen LogP contribution in [0.3, 0.4) is 0 Å². The van der Waals surface area contributed by atoms with E-state index in [2.05, 4.69) is 42.4 Å². The lowest BCUT2D eigenvalue weighted by molar-refractivity contribution is 0.394. The zero-order chi connectivity index (χ0) is 13.0.